The van der Waals surface area contributed by atoms with Crippen LogP contribution in [0.1, 0.15) is 38.3 Å². The number of urea groups is 1. The van der Waals surface area contributed by atoms with Gasteiger partial charge in [-0.05, 0) is 62.2 Å². The molecule has 0 spiro atoms. The van der Waals surface area contributed by atoms with Gasteiger partial charge >= 0.3 is 12.0 Å². The summed E-state index contributed by atoms with van der Waals surface area (Å²) < 4.78 is 11.2. The molecule has 0 unspecified atom stereocenters. The lowest BCUT2D eigenvalue weighted by Gasteiger charge is -2.27. The third-order valence-electron chi connectivity index (χ3n) is 6.33. The Morgan fingerprint density at radius 2 is 1.60 bits per heavy atom. The highest BCUT2D eigenvalue weighted by Crippen LogP contribution is 2.32. The van der Waals surface area contributed by atoms with Gasteiger partial charge in [-0.2, -0.15) is 0 Å². The largest absolute Gasteiger partial charge is 0.493 e. The quantitative estimate of drug-likeness (QED) is 0.202. The average molecular weight is 548 g/mol. The molecule has 40 heavy (non-hydrogen) atoms. The number of aryl methyl sites for hydroxylation is 1. The van der Waals surface area contributed by atoms with Crippen LogP contribution >= 0.6 is 0 Å². The Hall–Kier alpha value is -4.53. The summed E-state index contributed by atoms with van der Waals surface area (Å²) >= 11 is 0. The number of aliphatic carboxylic acids is 1. The van der Waals surface area contributed by atoms with E-state index >= 15 is 0 Å². The predicted octanol–water partition coefficient (Wildman–Crippen LogP) is 6.14. The molecule has 4 N–H and O–H groups in total. The van der Waals surface area contributed by atoms with Gasteiger partial charge in [0.25, 0.3) is 0 Å². The van der Waals surface area contributed by atoms with Crippen molar-refractivity contribution in [1.29, 1.82) is 0 Å². The summed E-state index contributed by atoms with van der Waals surface area (Å²) in [6.45, 7) is 7.55. The monoisotopic (exact) mass is 547 g/mol. The van der Waals surface area contributed by atoms with Crippen LogP contribution in [0.4, 0.5) is 21.9 Å². The van der Waals surface area contributed by atoms with Crippen LogP contribution in [0.5, 0.6) is 11.5 Å². The lowest BCUT2D eigenvalue weighted by molar-refractivity contribution is -0.138. The van der Waals surface area contributed by atoms with Crippen molar-refractivity contribution in [1.82, 2.24) is 0 Å². The number of hydrogen-bond donors (Lipinski definition) is 4. The number of benzene rings is 3. The number of ketones is 1. The van der Waals surface area contributed by atoms with Crippen molar-refractivity contribution in [3.8, 4) is 11.5 Å². The van der Waals surface area contributed by atoms with Crippen molar-refractivity contribution in [2.75, 3.05) is 29.7 Å². The molecule has 2 amide bonds. The molecule has 0 saturated heterocycles. The zero-order valence-corrected chi connectivity index (χ0v) is 23.5. The number of nitrogens with one attached hydrogen (secondary N) is 3. The van der Waals surface area contributed by atoms with Crippen LogP contribution in [0.15, 0.2) is 66.7 Å². The van der Waals surface area contributed by atoms with E-state index < -0.39 is 11.5 Å². The van der Waals surface area contributed by atoms with E-state index in [0.29, 0.717) is 22.9 Å². The van der Waals surface area contributed by atoms with Gasteiger partial charge in [0.2, 0.25) is 0 Å². The predicted molar refractivity (Wildman–Crippen MR) is 157 cm³/mol. The summed E-state index contributed by atoms with van der Waals surface area (Å²) in [5.74, 6) is -0.117. The number of methoxy groups -OCH3 is 1. The van der Waals surface area contributed by atoms with Gasteiger partial charge in [0, 0.05) is 35.5 Å². The van der Waals surface area contributed by atoms with Crippen LogP contribution in [0.2, 0.25) is 0 Å². The molecule has 3 aromatic carbocycles. The van der Waals surface area contributed by atoms with E-state index in [1.807, 2.05) is 43.3 Å². The Morgan fingerprint density at radius 3 is 2.25 bits per heavy atom. The number of carboxylic acids is 1. The minimum atomic E-state index is -0.896. The van der Waals surface area contributed by atoms with Gasteiger partial charge in [0.1, 0.15) is 0 Å². The Labute approximate surface area is 234 Å². The first-order valence-electron chi connectivity index (χ1n) is 13.0. The summed E-state index contributed by atoms with van der Waals surface area (Å²) in [6, 6.07) is 19.6. The van der Waals surface area contributed by atoms with E-state index in [-0.39, 0.29) is 37.2 Å². The van der Waals surface area contributed by atoms with Crippen LogP contribution < -0.4 is 25.4 Å². The number of anilines is 3. The molecule has 0 aliphatic carbocycles. The van der Waals surface area contributed by atoms with E-state index in [4.69, 9.17) is 14.6 Å². The van der Waals surface area contributed by atoms with Crippen molar-refractivity contribution in [3.05, 3.63) is 77.9 Å². The molecule has 1 atom stereocenters. The van der Waals surface area contributed by atoms with Gasteiger partial charge in [-0.1, -0.05) is 37.3 Å². The molecule has 0 bridgehead atoms. The number of carboxylic acid groups (broad SMARTS) is 1. The Kier molecular flexibility index (Phi) is 10.1. The second kappa shape index (κ2) is 13.5. The molecule has 0 radical (unpaired) electrons. The molecular formula is C31H37N3O6. The highest BCUT2D eigenvalue weighted by Gasteiger charge is 2.27. The zero-order chi connectivity index (χ0) is 29.3. The van der Waals surface area contributed by atoms with Crippen molar-refractivity contribution in [2.45, 2.75) is 46.1 Å². The molecule has 0 aromatic heterocycles. The van der Waals surface area contributed by atoms with Gasteiger partial charge in [-0.3, -0.25) is 9.59 Å². The van der Waals surface area contributed by atoms with Gasteiger partial charge in [0.05, 0.1) is 25.7 Å². The van der Waals surface area contributed by atoms with Crippen LogP contribution in [0.3, 0.4) is 0 Å². The number of amides is 2. The highest BCUT2D eigenvalue weighted by atomic mass is 16.5. The van der Waals surface area contributed by atoms with Crippen molar-refractivity contribution < 1.29 is 29.0 Å². The molecule has 3 rings (SSSR count). The smallest absolute Gasteiger partial charge is 0.323 e. The van der Waals surface area contributed by atoms with Crippen molar-refractivity contribution >= 4 is 34.8 Å². The summed E-state index contributed by atoms with van der Waals surface area (Å²) in [5, 5.41) is 17.9. The van der Waals surface area contributed by atoms with Crippen LogP contribution in [0, 0.1) is 12.8 Å². The van der Waals surface area contributed by atoms with E-state index in [9.17, 15) is 14.4 Å². The maximum Gasteiger partial charge on any atom is 0.323 e. The average Bonchev–Trinajstić information content (AvgIpc) is 2.89. The maximum atomic E-state index is 13.2. The van der Waals surface area contributed by atoms with Crippen LogP contribution in [-0.4, -0.2) is 42.1 Å². The first-order chi connectivity index (χ1) is 19.0. The standard InChI is InChI=1S/C31H37N3O6/c1-20(16-29(36)37)19-40-27-18-24(14-15-26(27)39-5)34-31(3,4)28(35)17-22-10-12-23(13-11-22)32-30(38)33-25-9-7-6-8-21(25)2/h6-15,18,20,34H,16-17,19H2,1-5H3,(H,36,37)(H2,32,33,38)/t20-/m0/s1. The first-order valence-corrected chi connectivity index (χ1v) is 13.0. The lowest BCUT2D eigenvalue weighted by Crippen LogP contribution is -2.41. The zero-order valence-electron chi connectivity index (χ0n) is 23.5. The first kappa shape index (κ1) is 30.0. The summed E-state index contributed by atoms with van der Waals surface area (Å²) in [6.07, 6.45) is 0.196. The number of rotatable bonds is 13. The highest BCUT2D eigenvalue weighted by molar-refractivity contribution is 6.00. The van der Waals surface area contributed by atoms with Gasteiger partial charge in [-0.25, -0.2) is 4.79 Å². The second-order valence-electron chi connectivity index (χ2n) is 10.3. The summed E-state index contributed by atoms with van der Waals surface area (Å²) in [7, 11) is 1.53. The molecule has 9 heteroatoms. The SMILES string of the molecule is COc1ccc(NC(C)(C)C(=O)Cc2ccc(NC(=O)Nc3ccccc3C)cc2)cc1OC[C@@H](C)CC(=O)O. The molecular weight excluding hydrogens is 510 g/mol. The van der Waals surface area contributed by atoms with Crippen molar-refractivity contribution in [2.24, 2.45) is 5.92 Å². The Balaban J connectivity index is 1.59. The molecule has 0 heterocycles. The second-order valence-corrected chi connectivity index (χ2v) is 10.3. The maximum absolute atomic E-state index is 13.2. The van der Waals surface area contributed by atoms with Crippen LogP contribution in [-0.2, 0) is 16.0 Å². The number of carbonyl (C=O) groups is 3. The lowest BCUT2D eigenvalue weighted by atomic mass is 9.93. The fraction of sp³-hybridized carbons (Fsp3) is 0.323. The molecule has 3 aromatic rings. The van der Waals surface area contributed by atoms with E-state index in [2.05, 4.69) is 16.0 Å². The number of para-hydroxylation sites is 1. The van der Waals surface area contributed by atoms with Gasteiger partial charge in [0.15, 0.2) is 17.3 Å². The molecule has 0 aliphatic rings. The minimum Gasteiger partial charge on any atom is -0.493 e. The van der Waals surface area contributed by atoms with Crippen LogP contribution in [0.25, 0.3) is 0 Å². The molecule has 0 fully saturated rings. The third kappa shape index (κ3) is 8.76. The third-order valence-corrected chi connectivity index (χ3v) is 6.33. The molecule has 0 saturated carbocycles. The summed E-state index contributed by atoms with van der Waals surface area (Å²) in [5.41, 5.74) is 2.90. The van der Waals surface area contributed by atoms with E-state index in [1.165, 1.54) is 7.11 Å². The van der Waals surface area contributed by atoms with Gasteiger partial charge in [-0.15, -0.1) is 0 Å². The fourth-order valence-electron chi connectivity index (χ4n) is 4.00. The van der Waals surface area contributed by atoms with E-state index in [0.717, 1.165) is 16.8 Å². The Morgan fingerprint density at radius 1 is 0.925 bits per heavy atom. The molecule has 0 aliphatic heterocycles. The number of carbonyl (C=O) groups excluding carboxylic acids is 2. The van der Waals surface area contributed by atoms with Gasteiger partial charge < -0.3 is 30.5 Å². The normalized spacial score (nSPS) is 11.7. The minimum absolute atomic E-state index is 0.000583. The Bertz CT molecular complexity index is 1340. The number of hydrogen-bond acceptors (Lipinski definition) is 6. The van der Waals surface area contributed by atoms with E-state index in [1.54, 1.807) is 51.1 Å². The fourth-order valence-corrected chi connectivity index (χ4v) is 4.00. The molecule has 212 valence electrons. The summed E-state index contributed by atoms with van der Waals surface area (Å²) in [4.78, 5) is 36.5. The topological polar surface area (TPSA) is 126 Å². The molecule has 9 nitrogen and oxygen atoms in total. The van der Waals surface area contributed by atoms with Crippen molar-refractivity contribution in [3.63, 3.8) is 0 Å². The number of Topliss-reactive ketones (excluding diaryl/α,β-unsaturated/α-hetero) is 1. The number of ether oxygens (including phenoxy) is 2.